The number of unbranched alkanes of at least 4 members (excludes halogenated alkanes) is 4. The first-order valence-electron chi connectivity index (χ1n) is 4.00. The summed E-state index contributed by atoms with van der Waals surface area (Å²) in [5.74, 6) is 0. The van der Waals surface area contributed by atoms with E-state index >= 15 is 0 Å². The molecule has 0 nitrogen and oxygen atoms in total. The molecular formula is C10H20Mg2. The molecule has 2 heteroatoms. The van der Waals surface area contributed by atoms with Gasteiger partial charge >= 0.3 is 46.1 Å². The normalized spacial score (nSPS) is 7.00. The molecule has 0 unspecified atom stereocenters. The van der Waals surface area contributed by atoms with E-state index in [0.717, 1.165) is 25.7 Å². The topological polar surface area (TPSA) is 0 Å². The summed E-state index contributed by atoms with van der Waals surface area (Å²) in [4.78, 5) is 0. The van der Waals surface area contributed by atoms with E-state index in [0.29, 0.717) is 0 Å². The Bertz CT molecular complexity index is 28.8. The van der Waals surface area contributed by atoms with Crippen LogP contribution in [0, 0.1) is 27.7 Å². The van der Waals surface area contributed by atoms with Gasteiger partial charge in [-0.25, -0.2) is 0 Å². The summed E-state index contributed by atoms with van der Waals surface area (Å²) in [5, 5.41) is 0. The molecule has 0 aromatic heterocycles. The molecule has 0 atom stereocenters. The third kappa shape index (κ3) is 41.8. The van der Waals surface area contributed by atoms with Gasteiger partial charge in [0.1, 0.15) is 0 Å². The zero-order chi connectivity index (χ0) is 8.24. The molecule has 0 aliphatic rings. The molecule has 0 spiro atoms. The van der Waals surface area contributed by atoms with Gasteiger partial charge in [0.15, 0.2) is 0 Å². The summed E-state index contributed by atoms with van der Waals surface area (Å²) in [5.41, 5.74) is 0. The largest absolute Gasteiger partial charge is 2.00 e. The van der Waals surface area contributed by atoms with Crippen LogP contribution in [0.5, 0.6) is 0 Å². The third-order valence-electron chi connectivity index (χ3n) is 1.000. The van der Waals surface area contributed by atoms with Crippen molar-refractivity contribution in [2.24, 2.45) is 0 Å². The van der Waals surface area contributed by atoms with Crippen molar-refractivity contribution in [3.63, 3.8) is 0 Å². The first kappa shape index (κ1) is 23.4. The van der Waals surface area contributed by atoms with Crippen molar-refractivity contribution in [2.45, 2.75) is 38.5 Å². The van der Waals surface area contributed by atoms with Crippen molar-refractivity contribution in [3.8, 4) is 0 Å². The Hall–Kier alpha value is 1.53. The van der Waals surface area contributed by atoms with Gasteiger partial charge in [0.05, 0.1) is 0 Å². The standard InChI is InChI=1S/2C5H10.2Mg/c2*1-3-5-4-2;;/h2*1-5H2;;/q2*-2;2*+2. The molecule has 0 amide bonds. The molecular weight excluding hydrogens is 169 g/mol. The molecule has 0 N–H and O–H groups in total. The molecule has 0 aliphatic heterocycles. The van der Waals surface area contributed by atoms with Gasteiger partial charge in [0.25, 0.3) is 0 Å². The quantitative estimate of drug-likeness (QED) is 0.471. The summed E-state index contributed by atoms with van der Waals surface area (Å²) in [7, 11) is 0. The van der Waals surface area contributed by atoms with Crippen LogP contribution >= 0.6 is 0 Å². The van der Waals surface area contributed by atoms with E-state index in [1.165, 1.54) is 12.8 Å². The van der Waals surface area contributed by atoms with Gasteiger partial charge in [-0.3, -0.25) is 0 Å². The maximum Gasteiger partial charge on any atom is 2.00 e. The Balaban J connectivity index is -0.0000000457. The number of rotatable bonds is 4. The van der Waals surface area contributed by atoms with Crippen molar-refractivity contribution >= 4 is 46.1 Å². The molecule has 0 aliphatic carbocycles. The van der Waals surface area contributed by atoms with Gasteiger partial charge in [0.2, 0.25) is 0 Å². The SMILES string of the molecule is [CH2-]CCC[CH2-].[CH2-]CCC[CH2-].[Mg+2].[Mg+2]. The van der Waals surface area contributed by atoms with Gasteiger partial charge in [0, 0.05) is 0 Å². The zero-order valence-corrected chi connectivity index (χ0v) is 11.3. The van der Waals surface area contributed by atoms with Gasteiger partial charge in [-0.2, -0.15) is 25.7 Å². The first-order valence-corrected chi connectivity index (χ1v) is 4.00. The van der Waals surface area contributed by atoms with Crippen molar-refractivity contribution < 1.29 is 0 Å². The van der Waals surface area contributed by atoms with Crippen molar-refractivity contribution in [1.82, 2.24) is 0 Å². The van der Waals surface area contributed by atoms with E-state index in [4.69, 9.17) is 0 Å². The second kappa shape index (κ2) is 29.4. The van der Waals surface area contributed by atoms with E-state index in [9.17, 15) is 0 Å². The van der Waals surface area contributed by atoms with Crippen LogP contribution in [-0.4, -0.2) is 46.1 Å². The molecule has 64 valence electrons. The van der Waals surface area contributed by atoms with Crippen molar-refractivity contribution in [1.29, 1.82) is 0 Å². The van der Waals surface area contributed by atoms with Gasteiger partial charge in [-0.05, 0) is 0 Å². The fourth-order valence-corrected chi connectivity index (χ4v) is 0.354. The van der Waals surface area contributed by atoms with E-state index in [-0.39, 0.29) is 46.1 Å². The van der Waals surface area contributed by atoms with Gasteiger partial charge in [-0.1, -0.05) is 0 Å². The van der Waals surface area contributed by atoms with E-state index in [2.05, 4.69) is 27.7 Å². The van der Waals surface area contributed by atoms with Crippen LogP contribution in [0.2, 0.25) is 0 Å². The van der Waals surface area contributed by atoms with E-state index in [1.54, 1.807) is 0 Å². The summed E-state index contributed by atoms with van der Waals surface area (Å²) in [6.45, 7) is 14.5. The Morgan fingerprint density at radius 3 is 0.667 bits per heavy atom. The summed E-state index contributed by atoms with van der Waals surface area (Å²) in [6.07, 6.45) is 6.46. The Kier molecular flexibility index (Phi) is 57.3. The summed E-state index contributed by atoms with van der Waals surface area (Å²) in [6, 6.07) is 0. The molecule has 0 fully saturated rings. The minimum Gasteiger partial charge on any atom is -0.343 e. The minimum atomic E-state index is 0. The Labute approximate surface area is 112 Å². The zero-order valence-electron chi connectivity index (χ0n) is 8.49. The van der Waals surface area contributed by atoms with Gasteiger partial charge < -0.3 is 27.7 Å². The monoisotopic (exact) mass is 188 g/mol. The van der Waals surface area contributed by atoms with Crippen LogP contribution in [0.4, 0.5) is 0 Å². The van der Waals surface area contributed by atoms with Crippen LogP contribution in [-0.2, 0) is 0 Å². The van der Waals surface area contributed by atoms with Crippen LogP contribution in [0.15, 0.2) is 0 Å². The predicted octanol–water partition coefficient (Wildman–Crippen LogP) is 2.89. The Morgan fingerprint density at radius 2 is 0.667 bits per heavy atom. The van der Waals surface area contributed by atoms with Crippen molar-refractivity contribution in [3.05, 3.63) is 27.7 Å². The first-order chi connectivity index (χ1) is 4.83. The minimum absolute atomic E-state index is 0. The average Bonchev–Trinajstić information content (AvgIpc) is 1.93. The van der Waals surface area contributed by atoms with Crippen LogP contribution < -0.4 is 0 Å². The molecule has 0 bridgehead atoms. The molecule has 0 radical (unpaired) electrons. The summed E-state index contributed by atoms with van der Waals surface area (Å²) < 4.78 is 0. The average molecular weight is 189 g/mol. The third-order valence-corrected chi connectivity index (χ3v) is 1.000. The van der Waals surface area contributed by atoms with Crippen LogP contribution in [0.3, 0.4) is 0 Å². The molecule has 12 heavy (non-hydrogen) atoms. The van der Waals surface area contributed by atoms with E-state index in [1.807, 2.05) is 0 Å². The summed E-state index contributed by atoms with van der Waals surface area (Å²) >= 11 is 0. The van der Waals surface area contributed by atoms with Gasteiger partial charge in [-0.15, -0.1) is 12.8 Å². The maximum absolute atomic E-state index is 3.64. The predicted molar refractivity (Wildman–Crippen MR) is 60.6 cm³/mol. The smallest absolute Gasteiger partial charge is 0.343 e. The second-order valence-electron chi connectivity index (χ2n) is 2.12. The molecule has 0 saturated carbocycles. The number of hydrogen-bond donors (Lipinski definition) is 0. The van der Waals surface area contributed by atoms with E-state index < -0.39 is 0 Å². The fourth-order valence-electron chi connectivity index (χ4n) is 0.354. The molecule has 0 heterocycles. The molecule has 0 aromatic carbocycles. The van der Waals surface area contributed by atoms with Crippen LogP contribution in [0.25, 0.3) is 0 Å². The second-order valence-corrected chi connectivity index (χ2v) is 2.12. The molecule has 0 rings (SSSR count). The maximum atomic E-state index is 3.64. The molecule has 0 saturated heterocycles. The fraction of sp³-hybridized carbons (Fsp3) is 0.600. The van der Waals surface area contributed by atoms with Crippen LogP contribution in [0.1, 0.15) is 38.5 Å². The van der Waals surface area contributed by atoms with Crippen molar-refractivity contribution in [2.75, 3.05) is 0 Å². The Morgan fingerprint density at radius 1 is 0.500 bits per heavy atom. The number of hydrogen-bond acceptors (Lipinski definition) is 0. The molecule has 0 aromatic rings.